The summed E-state index contributed by atoms with van der Waals surface area (Å²) in [5.41, 5.74) is 4.33. The van der Waals surface area contributed by atoms with Crippen LogP contribution in [-0.4, -0.2) is 31.1 Å². The van der Waals surface area contributed by atoms with E-state index in [1.165, 1.54) is 32.9 Å². The number of benzene rings is 2. The standard InChI is InChI=1S/C20H27NS.H2O4S/c1-4-16-11-12-20(18(5-2)14-16)22-19-10-6-8-17(15-19)9-7-13-21-3;1-5(2,3)4/h6,8,10-12,14-15,21H,4-5,7,9,13H2,1-3H3;(H2,1,2,3,4). The van der Waals surface area contributed by atoms with E-state index in [2.05, 4.69) is 61.6 Å². The van der Waals surface area contributed by atoms with E-state index in [1.807, 2.05) is 18.8 Å². The van der Waals surface area contributed by atoms with Crippen LogP contribution in [0.15, 0.2) is 52.3 Å². The minimum absolute atomic E-state index is 1.08. The molecule has 2 aromatic carbocycles. The fourth-order valence-corrected chi connectivity index (χ4v) is 3.67. The summed E-state index contributed by atoms with van der Waals surface area (Å²) in [6, 6.07) is 15.9. The molecule has 0 aliphatic carbocycles. The van der Waals surface area contributed by atoms with Crippen molar-refractivity contribution in [1.82, 2.24) is 5.32 Å². The Labute approximate surface area is 167 Å². The Balaban J connectivity index is 0.000000646. The van der Waals surface area contributed by atoms with E-state index in [4.69, 9.17) is 17.5 Å². The van der Waals surface area contributed by atoms with Gasteiger partial charge in [-0.2, -0.15) is 8.42 Å². The van der Waals surface area contributed by atoms with E-state index in [0.717, 1.165) is 25.8 Å². The topological polar surface area (TPSA) is 86.6 Å². The first kappa shape index (κ1) is 23.7. The monoisotopic (exact) mass is 411 g/mol. The summed E-state index contributed by atoms with van der Waals surface area (Å²) in [7, 11) is -2.65. The highest BCUT2D eigenvalue weighted by Gasteiger charge is 2.05. The van der Waals surface area contributed by atoms with E-state index in [9.17, 15) is 0 Å². The van der Waals surface area contributed by atoms with E-state index in [0.29, 0.717) is 0 Å². The van der Waals surface area contributed by atoms with Crippen molar-refractivity contribution in [3.63, 3.8) is 0 Å². The maximum atomic E-state index is 8.74. The summed E-state index contributed by atoms with van der Waals surface area (Å²) >= 11 is 1.90. The molecular formula is C20H29NO4S2. The molecule has 27 heavy (non-hydrogen) atoms. The molecule has 2 rings (SSSR count). The molecule has 7 heteroatoms. The molecule has 0 bridgehead atoms. The third-order valence-electron chi connectivity index (χ3n) is 3.93. The van der Waals surface area contributed by atoms with Crippen LogP contribution in [0.1, 0.15) is 37.0 Å². The molecule has 0 atom stereocenters. The number of hydrogen-bond donors (Lipinski definition) is 3. The molecule has 0 aromatic heterocycles. The zero-order valence-electron chi connectivity index (χ0n) is 16.1. The summed E-state index contributed by atoms with van der Waals surface area (Å²) in [5, 5.41) is 3.21. The van der Waals surface area contributed by atoms with Crippen LogP contribution in [0.4, 0.5) is 0 Å². The molecule has 5 nitrogen and oxygen atoms in total. The molecule has 0 radical (unpaired) electrons. The van der Waals surface area contributed by atoms with Crippen molar-refractivity contribution in [2.45, 2.75) is 49.3 Å². The average molecular weight is 412 g/mol. The molecule has 0 heterocycles. The number of hydrogen-bond acceptors (Lipinski definition) is 4. The first-order valence-electron chi connectivity index (χ1n) is 8.99. The smallest absolute Gasteiger partial charge is 0.320 e. The minimum atomic E-state index is -4.67. The first-order chi connectivity index (χ1) is 12.8. The zero-order valence-corrected chi connectivity index (χ0v) is 17.7. The van der Waals surface area contributed by atoms with Crippen LogP contribution in [0.5, 0.6) is 0 Å². The molecular weight excluding hydrogens is 382 g/mol. The molecule has 0 saturated heterocycles. The first-order valence-corrected chi connectivity index (χ1v) is 11.2. The lowest BCUT2D eigenvalue weighted by Crippen LogP contribution is -2.08. The van der Waals surface area contributed by atoms with E-state index in [1.54, 1.807) is 0 Å². The molecule has 0 fully saturated rings. The predicted molar refractivity (Wildman–Crippen MR) is 112 cm³/mol. The summed E-state index contributed by atoms with van der Waals surface area (Å²) in [6.45, 7) is 5.54. The van der Waals surface area contributed by atoms with E-state index < -0.39 is 10.4 Å². The van der Waals surface area contributed by atoms with Gasteiger partial charge in [-0.15, -0.1) is 0 Å². The Hall–Kier alpha value is -1.38. The summed E-state index contributed by atoms with van der Waals surface area (Å²) < 4.78 is 31.6. The Morgan fingerprint density at radius 2 is 1.70 bits per heavy atom. The fraction of sp³-hybridized carbons (Fsp3) is 0.400. The molecule has 0 unspecified atom stereocenters. The van der Waals surface area contributed by atoms with Gasteiger partial charge >= 0.3 is 10.4 Å². The van der Waals surface area contributed by atoms with Crippen molar-refractivity contribution in [2.24, 2.45) is 0 Å². The van der Waals surface area contributed by atoms with Gasteiger partial charge in [0.1, 0.15) is 0 Å². The lowest BCUT2D eigenvalue weighted by atomic mass is 10.1. The van der Waals surface area contributed by atoms with Crippen molar-refractivity contribution < 1.29 is 17.5 Å². The normalized spacial score (nSPS) is 11.0. The molecule has 3 N–H and O–H groups in total. The second-order valence-electron chi connectivity index (χ2n) is 6.05. The van der Waals surface area contributed by atoms with Gasteiger partial charge in [0.2, 0.25) is 0 Å². The van der Waals surface area contributed by atoms with Gasteiger partial charge in [-0.05, 0) is 74.2 Å². The predicted octanol–water partition coefficient (Wildman–Crippen LogP) is 4.46. The Kier molecular flexibility index (Phi) is 10.6. The molecule has 0 saturated carbocycles. The van der Waals surface area contributed by atoms with Gasteiger partial charge in [0.15, 0.2) is 0 Å². The lowest BCUT2D eigenvalue weighted by molar-refractivity contribution is 0.381. The van der Waals surface area contributed by atoms with Gasteiger partial charge in [0, 0.05) is 9.79 Å². The van der Waals surface area contributed by atoms with E-state index >= 15 is 0 Å². The van der Waals surface area contributed by atoms with Gasteiger partial charge in [-0.1, -0.05) is 49.9 Å². The second kappa shape index (κ2) is 12.2. The highest BCUT2D eigenvalue weighted by atomic mass is 32.3. The third kappa shape index (κ3) is 10.5. The van der Waals surface area contributed by atoms with Crippen LogP contribution < -0.4 is 5.32 Å². The van der Waals surface area contributed by atoms with Crippen molar-refractivity contribution in [1.29, 1.82) is 0 Å². The molecule has 0 aliphatic rings. The van der Waals surface area contributed by atoms with Gasteiger partial charge < -0.3 is 5.32 Å². The van der Waals surface area contributed by atoms with Crippen LogP contribution in [0, 0.1) is 0 Å². The minimum Gasteiger partial charge on any atom is -0.320 e. The maximum Gasteiger partial charge on any atom is 0.394 e. The molecule has 2 aromatic rings. The zero-order chi connectivity index (χ0) is 20.3. The lowest BCUT2D eigenvalue weighted by Gasteiger charge is -2.10. The van der Waals surface area contributed by atoms with E-state index in [-0.39, 0.29) is 0 Å². The third-order valence-corrected chi connectivity index (χ3v) is 5.04. The van der Waals surface area contributed by atoms with Gasteiger partial charge in [-0.25, -0.2) is 0 Å². The SMILES string of the molecule is CCc1ccc(Sc2cccc(CCCNC)c2)c(CC)c1.O=S(=O)(O)O. The summed E-state index contributed by atoms with van der Waals surface area (Å²) in [5.74, 6) is 0. The Morgan fingerprint density at radius 3 is 2.30 bits per heavy atom. The number of aryl methyl sites for hydroxylation is 3. The molecule has 0 spiro atoms. The Bertz CT molecular complexity index is 799. The van der Waals surface area contributed by atoms with Crippen molar-refractivity contribution in [3.8, 4) is 0 Å². The highest BCUT2D eigenvalue weighted by molar-refractivity contribution is 7.99. The van der Waals surface area contributed by atoms with Crippen LogP contribution in [0.3, 0.4) is 0 Å². The van der Waals surface area contributed by atoms with Crippen LogP contribution in [0.25, 0.3) is 0 Å². The van der Waals surface area contributed by atoms with Crippen LogP contribution in [-0.2, 0) is 29.7 Å². The Morgan fingerprint density at radius 1 is 1.00 bits per heavy atom. The van der Waals surface area contributed by atoms with Crippen molar-refractivity contribution in [3.05, 3.63) is 59.2 Å². The van der Waals surface area contributed by atoms with Crippen LogP contribution in [0.2, 0.25) is 0 Å². The average Bonchev–Trinajstić information content (AvgIpc) is 2.61. The van der Waals surface area contributed by atoms with Gasteiger partial charge in [-0.3, -0.25) is 9.11 Å². The molecule has 0 amide bonds. The molecule has 150 valence electrons. The maximum absolute atomic E-state index is 8.74. The highest BCUT2D eigenvalue weighted by Crippen LogP contribution is 2.32. The second-order valence-corrected chi connectivity index (χ2v) is 8.06. The fourth-order valence-electron chi connectivity index (χ4n) is 2.59. The van der Waals surface area contributed by atoms with Gasteiger partial charge in [0.25, 0.3) is 0 Å². The van der Waals surface area contributed by atoms with Crippen LogP contribution >= 0.6 is 11.8 Å². The van der Waals surface area contributed by atoms with Crippen molar-refractivity contribution >= 4 is 22.2 Å². The summed E-state index contributed by atoms with van der Waals surface area (Å²) in [6.07, 6.45) is 4.54. The quantitative estimate of drug-likeness (QED) is 0.439. The largest absolute Gasteiger partial charge is 0.394 e. The number of nitrogens with one attached hydrogen (secondary N) is 1. The van der Waals surface area contributed by atoms with Crippen molar-refractivity contribution in [2.75, 3.05) is 13.6 Å². The summed E-state index contributed by atoms with van der Waals surface area (Å²) in [4.78, 5) is 2.74. The molecule has 0 aliphatic heterocycles. The van der Waals surface area contributed by atoms with Gasteiger partial charge in [0.05, 0.1) is 0 Å². The number of rotatable bonds is 8.